The van der Waals surface area contributed by atoms with Gasteiger partial charge in [-0.3, -0.25) is 0 Å². The molecule has 13 heavy (non-hydrogen) atoms. The standard InChI is InChI=1S/C9H16N2OS/c1-8(3-2-4-12)10-5-9-6-13-7-11-9/h6-8,10,12H,2-5H2,1H3. The average molecular weight is 200 g/mol. The van der Waals surface area contributed by atoms with E-state index in [4.69, 9.17) is 5.11 Å². The van der Waals surface area contributed by atoms with E-state index in [9.17, 15) is 0 Å². The van der Waals surface area contributed by atoms with Crippen LogP contribution >= 0.6 is 11.3 Å². The van der Waals surface area contributed by atoms with Crippen LogP contribution in [0.1, 0.15) is 25.5 Å². The fraction of sp³-hybridized carbons (Fsp3) is 0.667. The molecule has 0 bridgehead atoms. The molecule has 1 rings (SSSR count). The Labute approximate surface area is 82.8 Å². The van der Waals surface area contributed by atoms with Gasteiger partial charge >= 0.3 is 0 Å². The SMILES string of the molecule is CC(CCCO)NCc1cscn1. The number of hydrogen-bond donors (Lipinski definition) is 2. The summed E-state index contributed by atoms with van der Waals surface area (Å²) in [7, 11) is 0. The third-order valence-corrected chi connectivity index (χ3v) is 2.55. The number of aromatic nitrogens is 1. The zero-order chi connectivity index (χ0) is 9.52. The van der Waals surface area contributed by atoms with Gasteiger partial charge in [-0.25, -0.2) is 4.98 Å². The minimum atomic E-state index is 0.280. The second-order valence-corrected chi connectivity index (χ2v) is 3.85. The minimum absolute atomic E-state index is 0.280. The zero-order valence-electron chi connectivity index (χ0n) is 7.86. The lowest BCUT2D eigenvalue weighted by Gasteiger charge is -2.11. The summed E-state index contributed by atoms with van der Waals surface area (Å²) in [5.41, 5.74) is 2.94. The van der Waals surface area contributed by atoms with Crippen molar-refractivity contribution >= 4 is 11.3 Å². The van der Waals surface area contributed by atoms with E-state index >= 15 is 0 Å². The van der Waals surface area contributed by atoms with Crippen LogP contribution in [0.2, 0.25) is 0 Å². The van der Waals surface area contributed by atoms with Crippen LogP contribution < -0.4 is 5.32 Å². The van der Waals surface area contributed by atoms with Crippen LogP contribution in [-0.2, 0) is 6.54 Å². The first-order valence-electron chi connectivity index (χ1n) is 4.54. The zero-order valence-corrected chi connectivity index (χ0v) is 8.68. The molecule has 74 valence electrons. The van der Waals surface area contributed by atoms with Crippen molar-refractivity contribution in [1.29, 1.82) is 0 Å². The fourth-order valence-electron chi connectivity index (χ4n) is 1.10. The van der Waals surface area contributed by atoms with Crippen LogP contribution in [0, 0.1) is 0 Å². The Balaban J connectivity index is 2.11. The third-order valence-electron chi connectivity index (χ3n) is 1.91. The molecule has 0 aliphatic rings. The molecule has 0 radical (unpaired) electrons. The number of rotatable bonds is 6. The number of thiazole rings is 1. The first kappa shape index (κ1) is 10.6. The molecule has 4 heteroatoms. The predicted octanol–water partition coefficient (Wildman–Crippen LogP) is 1.39. The molecular formula is C9H16N2OS. The number of aliphatic hydroxyl groups excluding tert-OH is 1. The molecule has 0 aromatic carbocycles. The lowest BCUT2D eigenvalue weighted by Crippen LogP contribution is -2.25. The van der Waals surface area contributed by atoms with Crippen molar-refractivity contribution in [3.05, 3.63) is 16.6 Å². The van der Waals surface area contributed by atoms with Gasteiger partial charge < -0.3 is 10.4 Å². The molecule has 0 aliphatic heterocycles. The van der Waals surface area contributed by atoms with Crippen molar-refractivity contribution < 1.29 is 5.11 Å². The largest absolute Gasteiger partial charge is 0.396 e. The Morgan fingerprint density at radius 3 is 3.15 bits per heavy atom. The molecule has 0 saturated heterocycles. The van der Waals surface area contributed by atoms with Gasteiger partial charge in [-0.05, 0) is 19.8 Å². The van der Waals surface area contributed by atoms with E-state index < -0.39 is 0 Å². The van der Waals surface area contributed by atoms with E-state index in [-0.39, 0.29) is 6.61 Å². The maximum absolute atomic E-state index is 8.63. The third kappa shape index (κ3) is 4.36. The molecule has 1 heterocycles. The van der Waals surface area contributed by atoms with Gasteiger partial charge in [0.05, 0.1) is 11.2 Å². The summed E-state index contributed by atoms with van der Waals surface area (Å²) in [6.07, 6.45) is 1.88. The van der Waals surface area contributed by atoms with Crippen molar-refractivity contribution in [2.75, 3.05) is 6.61 Å². The molecular weight excluding hydrogens is 184 g/mol. The highest BCUT2D eigenvalue weighted by atomic mass is 32.1. The van der Waals surface area contributed by atoms with Crippen LogP contribution in [0.5, 0.6) is 0 Å². The first-order chi connectivity index (χ1) is 6.33. The second-order valence-electron chi connectivity index (χ2n) is 3.13. The van der Waals surface area contributed by atoms with Crippen LogP contribution in [-0.4, -0.2) is 22.7 Å². The summed E-state index contributed by atoms with van der Waals surface area (Å²) >= 11 is 1.62. The number of hydrogen-bond acceptors (Lipinski definition) is 4. The van der Waals surface area contributed by atoms with Gasteiger partial charge in [0.15, 0.2) is 0 Å². The first-order valence-corrected chi connectivity index (χ1v) is 5.48. The summed E-state index contributed by atoms with van der Waals surface area (Å²) in [5.74, 6) is 0. The Morgan fingerprint density at radius 2 is 2.54 bits per heavy atom. The molecule has 0 aliphatic carbocycles. The van der Waals surface area contributed by atoms with E-state index in [2.05, 4.69) is 17.2 Å². The lowest BCUT2D eigenvalue weighted by molar-refractivity contribution is 0.276. The summed E-state index contributed by atoms with van der Waals surface area (Å²) < 4.78 is 0. The van der Waals surface area contributed by atoms with Gasteiger partial charge in [0.2, 0.25) is 0 Å². The maximum atomic E-state index is 8.63. The monoisotopic (exact) mass is 200 g/mol. The van der Waals surface area contributed by atoms with Crippen molar-refractivity contribution in [2.24, 2.45) is 0 Å². The van der Waals surface area contributed by atoms with Crippen LogP contribution in [0.25, 0.3) is 0 Å². The molecule has 1 aromatic rings. The normalized spacial score (nSPS) is 13.1. The lowest BCUT2D eigenvalue weighted by atomic mass is 10.2. The molecule has 0 fully saturated rings. The Morgan fingerprint density at radius 1 is 1.69 bits per heavy atom. The van der Waals surface area contributed by atoms with E-state index in [1.807, 2.05) is 10.9 Å². The second kappa shape index (κ2) is 6.07. The van der Waals surface area contributed by atoms with Crippen LogP contribution in [0.4, 0.5) is 0 Å². The molecule has 2 N–H and O–H groups in total. The highest BCUT2D eigenvalue weighted by molar-refractivity contribution is 7.07. The average Bonchev–Trinajstić information content (AvgIpc) is 2.64. The van der Waals surface area contributed by atoms with E-state index in [0.717, 1.165) is 25.1 Å². The summed E-state index contributed by atoms with van der Waals surface area (Å²) in [4.78, 5) is 4.18. The molecule has 0 saturated carbocycles. The molecule has 1 unspecified atom stereocenters. The molecule has 1 atom stereocenters. The maximum Gasteiger partial charge on any atom is 0.0795 e. The van der Waals surface area contributed by atoms with Crippen molar-refractivity contribution in [1.82, 2.24) is 10.3 Å². The molecule has 0 spiro atoms. The van der Waals surface area contributed by atoms with E-state index in [1.54, 1.807) is 11.3 Å². The quantitative estimate of drug-likeness (QED) is 0.729. The molecule has 0 amide bonds. The van der Waals surface area contributed by atoms with Crippen molar-refractivity contribution in [2.45, 2.75) is 32.4 Å². The molecule has 3 nitrogen and oxygen atoms in total. The minimum Gasteiger partial charge on any atom is -0.396 e. The Kier molecular flexibility index (Phi) is 4.97. The van der Waals surface area contributed by atoms with Gasteiger partial charge in [-0.1, -0.05) is 0 Å². The number of nitrogens with zero attached hydrogens (tertiary/aromatic N) is 1. The highest BCUT2D eigenvalue weighted by Gasteiger charge is 2.01. The highest BCUT2D eigenvalue weighted by Crippen LogP contribution is 2.02. The van der Waals surface area contributed by atoms with Gasteiger partial charge in [0.25, 0.3) is 0 Å². The van der Waals surface area contributed by atoms with Crippen LogP contribution in [0.15, 0.2) is 10.9 Å². The summed E-state index contributed by atoms with van der Waals surface area (Å²) in [6, 6.07) is 0.453. The van der Waals surface area contributed by atoms with Gasteiger partial charge in [0.1, 0.15) is 0 Å². The summed E-state index contributed by atoms with van der Waals surface area (Å²) in [6.45, 7) is 3.24. The fourth-order valence-corrected chi connectivity index (χ4v) is 1.66. The predicted molar refractivity (Wildman–Crippen MR) is 54.7 cm³/mol. The van der Waals surface area contributed by atoms with Gasteiger partial charge in [-0.2, -0.15) is 0 Å². The van der Waals surface area contributed by atoms with Crippen LogP contribution in [0.3, 0.4) is 0 Å². The van der Waals surface area contributed by atoms with E-state index in [1.165, 1.54) is 0 Å². The summed E-state index contributed by atoms with van der Waals surface area (Å²) in [5, 5.41) is 14.0. The Hall–Kier alpha value is -0.450. The van der Waals surface area contributed by atoms with Gasteiger partial charge in [0, 0.05) is 24.6 Å². The molecule has 1 aromatic heterocycles. The smallest absolute Gasteiger partial charge is 0.0795 e. The van der Waals surface area contributed by atoms with Crippen molar-refractivity contribution in [3.63, 3.8) is 0 Å². The number of nitrogens with one attached hydrogen (secondary N) is 1. The van der Waals surface area contributed by atoms with Gasteiger partial charge in [-0.15, -0.1) is 11.3 Å². The Bertz CT molecular complexity index is 213. The number of aliphatic hydroxyl groups is 1. The van der Waals surface area contributed by atoms with Crippen molar-refractivity contribution in [3.8, 4) is 0 Å². The topological polar surface area (TPSA) is 45.1 Å². The van der Waals surface area contributed by atoms with E-state index in [0.29, 0.717) is 6.04 Å².